The highest BCUT2D eigenvalue weighted by Gasteiger charge is 2.16. The van der Waals surface area contributed by atoms with Crippen molar-refractivity contribution >= 4 is 11.6 Å². The van der Waals surface area contributed by atoms with Crippen LogP contribution in [0.3, 0.4) is 0 Å². The van der Waals surface area contributed by atoms with E-state index in [4.69, 9.17) is 0 Å². The first kappa shape index (κ1) is 20.8. The summed E-state index contributed by atoms with van der Waals surface area (Å²) in [5.74, 6) is -0.0212. The molecule has 2 aliphatic rings. The van der Waals surface area contributed by atoms with E-state index >= 15 is 0 Å². The number of fused-ring (bicyclic) bond motifs is 1. The molecular formula is C28H31N3O. The summed E-state index contributed by atoms with van der Waals surface area (Å²) in [6.45, 7) is 5.84. The van der Waals surface area contributed by atoms with Crippen LogP contribution in [0, 0.1) is 0 Å². The van der Waals surface area contributed by atoms with E-state index in [0.717, 1.165) is 44.7 Å². The minimum absolute atomic E-state index is 0.0212. The maximum Gasteiger partial charge on any atom is 0.251 e. The lowest BCUT2D eigenvalue weighted by Gasteiger charge is -2.28. The molecule has 0 aliphatic carbocycles. The summed E-state index contributed by atoms with van der Waals surface area (Å²) in [5.41, 5.74) is 7.28. The zero-order chi connectivity index (χ0) is 21.8. The van der Waals surface area contributed by atoms with Gasteiger partial charge in [-0.2, -0.15) is 0 Å². The van der Waals surface area contributed by atoms with Crippen LogP contribution in [0.15, 0.2) is 72.8 Å². The van der Waals surface area contributed by atoms with E-state index in [0.29, 0.717) is 12.1 Å². The molecular weight excluding hydrogens is 394 g/mol. The normalized spacial score (nSPS) is 16.1. The van der Waals surface area contributed by atoms with Gasteiger partial charge in [0.15, 0.2) is 0 Å². The third-order valence-electron chi connectivity index (χ3n) is 6.69. The van der Waals surface area contributed by atoms with Crippen LogP contribution >= 0.6 is 0 Å². The Bertz CT molecular complexity index is 1050. The Morgan fingerprint density at radius 3 is 2.22 bits per heavy atom. The lowest BCUT2D eigenvalue weighted by atomic mass is 9.99. The molecule has 2 heterocycles. The second-order valence-corrected chi connectivity index (χ2v) is 8.97. The van der Waals surface area contributed by atoms with Gasteiger partial charge >= 0.3 is 0 Å². The fourth-order valence-electron chi connectivity index (χ4n) is 4.79. The molecule has 3 aromatic carbocycles. The van der Waals surface area contributed by atoms with Gasteiger partial charge in [0.25, 0.3) is 5.91 Å². The fraction of sp³-hybridized carbons (Fsp3) is 0.321. The number of rotatable bonds is 6. The monoisotopic (exact) mass is 425 g/mol. The highest BCUT2D eigenvalue weighted by molar-refractivity contribution is 5.94. The van der Waals surface area contributed by atoms with E-state index in [1.807, 2.05) is 12.1 Å². The second-order valence-electron chi connectivity index (χ2n) is 8.97. The average Bonchev–Trinajstić information content (AvgIpc) is 3.38. The molecule has 0 spiro atoms. The summed E-state index contributed by atoms with van der Waals surface area (Å²) in [6.07, 6.45) is 3.67. The molecule has 0 radical (unpaired) electrons. The van der Waals surface area contributed by atoms with E-state index in [1.54, 1.807) is 0 Å². The number of benzene rings is 3. The molecule has 1 amide bonds. The first-order valence-corrected chi connectivity index (χ1v) is 11.7. The lowest BCUT2D eigenvalue weighted by molar-refractivity contribution is 0.0951. The highest BCUT2D eigenvalue weighted by atomic mass is 16.1. The minimum atomic E-state index is -0.0212. The van der Waals surface area contributed by atoms with E-state index in [2.05, 4.69) is 75.8 Å². The summed E-state index contributed by atoms with van der Waals surface area (Å²) in [5, 5.41) is 3.05. The van der Waals surface area contributed by atoms with Gasteiger partial charge in [0, 0.05) is 50.5 Å². The number of hydrogen-bond acceptors (Lipinski definition) is 3. The average molecular weight is 426 g/mol. The largest absolute Gasteiger partial charge is 0.372 e. The third kappa shape index (κ3) is 4.86. The Morgan fingerprint density at radius 2 is 1.47 bits per heavy atom. The molecule has 0 saturated carbocycles. The standard InChI is InChI=1S/C28H31N3O/c32-28(29-19-22-9-13-27(14-10-22)31-16-3-4-17-31)25-11-7-23(8-12-25)20-30-18-15-24-5-1-2-6-26(24)21-30/h1-2,5-14H,3-4,15-21H2,(H,29,32). The number of nitrogens with one attached hydrogen (secondary N) is 1. The number of carbonyl (C=O) groups excluding carboxylic acids is 1. The van der Waals surface area contributed by atoms with Crippen molar-refractivity contribution in [1.82, 2.24) is 10.2 Å². The molecule has 4 heteroatoms. The van der Waals surface area contributed by atoms with Crippen LogP contribution in [0.2, 0.25) is 0 Å². The van der Waals surface area contributed by atoms with Gasteiger partial charge in [0.05, 0.1) is 0 Å². The van der Waals surface area contributed by atoms with Crippen molar-refractivity contribution < 1.29 is 4.79 Å². The summed E-state index contributed by atoms with van der Waals surface area (Å²) in [7, 11) is 0. The maximum atomic E-state index is 12.6. The Morgan fingerprint density at radius 1 is 0.781 bits per heavy atom. The summed E-state index contributed by atoms with van der Waals surface area (Å²) in [4.78, 5) is 17.5. The van der Waals surface area contributed by atoms with Gasteiger partial charge < -0.3 is 10.2 Å². The number of amides is 1. The van der Waals surface area contributed by atoms with E-state index < -0.39 is 0 Å². The van der Waals surface area contributed by atoms with Gasteiger partial charge in [-0.1, -0.05) is 48.5 Å². The Balaban J connectivity index is 1.12. The number of nitrogens with zero attached hydrogens (tertiary/aromatic N) is 2. The quantitative estimate of drug-likeness (QED) is 0.618. The van der Waals surface area contributed by atoms with Crippen molar-refractivity contribution in [2.75, 3.05) is 24.5 Å². The summed E-state index contributed by atoms with van der Waals surface area (Å²) < 4.78 is 0. The molecule has 0 bridgehead atoms. The van der Waals surface area contributed by atoms with E-state index in [-0.39, 0.29) is 5.91 Å². The van der Waals surface area contributed by atoms with Crippen molar-refractivity contribution in [3.05, 3.63) is 101 Å². The van der Waals surface area contributed by atoms with Crippen molar-refractivity contribution in [1.29, 1.82) is 0 Å². The predicted molar refractivity (Wildman–Crippen MR) is 130 cm³/mol. The molecule has 5 rings (SSSR count). The molecule has 0 unspecified atom stereocenters. The highest BCUT2D eigenvalue weighted by Crippen LogP contribution is 2.21. The molecule has 2 aliphatic heterocycles. The topological polar surface area (TPSA) is 35.6 Å². The Kier molecular flexibility index (Phi) is 6.22. The van der Waals surface area contributed by atoms with Crippen LogP contribution in [0.25, 0.3) is 0 Å². The van der Waals surface area contributed by atoms with Crippen LogP contribution in [0.5, 0.6) is 0 Å². The van der Waals surface area contributed by atoms with Crippen LogP contribution in [-0.2, 0) is 26.1 Å². The van der Waals surface area contributed by atoms with E-state index in [9.17, 15) is 4.79 Å². The van der Waals surface area contributed by atoms with Crippen molar-refractivity contribution in [3.63, 3.8) is 0 Å². The van der Waals surface area contributed by atoms with Gasteiger partial charge in [-0.05, 0) is 65.8 Å². The van der Waals surface area contributed by atoms with Gasteiger partial charge in [0.1, 0.15) is 0 Å². The zero-order valence-electron chi connectivity index (χ0n) is 18.6. The summed E-state index contributed by atoms with van der Waals surface area (Å²) >= 11 is 0. The fourth-order valence-corrected chi connectivity index (χ4v) is 4.79. The molecule has 1 N–H and O–H groups in total. The Hall–Kier alpha value is -3.11. The van der Waals surface area contributed by atoms with Crippen LogP contribution in [-0.4, -0.2) is 30.4 Å². The number of carbonyl (C=O) groups is 1. The van der Waals surface area contributed by atoms with Crippen LogP contribution in [0.4, 0.5) is 5.69 Å². The molecule has 164 valence electrons. The molecule has 1 saturated heterocycles. The van der Waals surface area contributed by atoms with Crippen LogP contribution in [0.1, 0.15) is 45.5 Å². The first-order valence-electron chi connectivity index (χ1n) is 11.7. The van der Waals surface area contributed by atoms with Crippen molar-refractivity contribution in [3.8, 4) is 0 Å². The summed E-state index contributed by atoms with van der Waals surface area (Å²) in [6, 6.07) is 25.3. The van der Waals surface area contributed by atoms with Crippen LogP contribution < -0.4 is 10.2 Å². The third-order valence-corrected chi connectivity index (χ3v) is 6.69. The van der Waals surface area contributed by atoms with Gasteiger partial charge in [-0.15, -0.1) is 0 Å². The lowest BCUT2D eigenvalue weighted by Crippen LogP contribution is -2.30. The number of anilines is 1. The maximum absolute atomic E-state index is 12.6. The zero-order valence-corrected chi connectivity index (χ0v) is 18.6. The molecule has 4 nitrogen and oxygen atoms in total. The minimum Gasteiger partial charge on any atom is -0.372 e. The molecule has 32 heavy (non-hydrogen) atoms. The second kappa shape index (κ2) is 9.58. The van der Waals surface area contributed by atoms with Crippen molar-refractivity contribution in [2.45, 2.75) is 38.9 Å². The smallest absolute Gasteiger partial charge is 0.251 e. The predicted octanol–water partition coefficient (Wildman–Crippen LogP) is 4.78. The molecule has 0 atom stereocenters. The first-order chi connectivity index (χ1) is 15.7. The van der Waals surface area contributed by atoms with Crippen molar-refractivity contribution in [2.24, 2.45) is 0 Å². The molecule has 3 aromatic rings. The molecule has 0 aromatic heterocycles. The number of hydrogen-bond donors (Lipinski definition) is 1. The van der Waals surface area contributed by atoms with E-state index in [1.165, 1.54) is 35.2 Å². The van der Waals surface area contributed by atoms with Gasteiger partial charge in [-0.3, -0.25) is 9.69 Å². The Labute approximate surface area is 190 Å². The van der Waals surface area contributed by atoms with Gasteiger partial charge in [0.2, 0.25) is 0 Å². The SMILES string of the molecule is O=C(NCc1ccc(N2CCCC2)cc1)c1ccc(CN2CCc3ccccc3C2)cc1. The van der Waals surface area contributed by atoms with Gasteiger partial charge in [-0.25, -0.2) is 0 Å². The molecule has 1 fully saturated rings.